The molecule has 7 aromatic carbocycles. The molecule has 1 aromatic heterocycles. The number of hydrogen-bond acceptors (Lipinski definition) is 1. The quantitative estimate of drug-likeness (QED) is 0.178. The Morgan fingerprint density at radius 1 is 0.489 bits per heavy atom. The summed E-state index contributed by atoms with van der Waals surface area (Å²) in [5.74, 6) is 0.353. The lowest BCUT2D eigenvalue weighted by atomic mass is 9.82. The Kier molecular flexibility index (Phi) is 6.53. The van der Waals surface area contributed by atoms with E-state index in [0.29, 0.717) is 5.92 Å². The molecule has 1 atom stereocenters. The molecule has 0 bridgehead atoms. The van der Waals surface area contributed by atoms with Gasteiger partial charge < -0.3 is 9.47 Å². The summed E-state index contributed by atoms with van der Waals surface area (Å²) in [7, 11) is 0. The van der Waals surface area contributed by atoms with Crippen LogP contribution in [0.4, 0.5) is 17.1 Å². The summed E-state index contributed by atoms with van der Waals surface area (Å²) in [6.07, 6.45) is 5.71. The molecule has 47 heavy (non-hydrogen) atoms. The number of allylic oxidation sites excluding steroid dienone is 4. The Bertz CT molecular complexity index is 2410. The summed E-state index contributed by atoms with van der Waals surface area (Å²) < 4.78 is 2.49. The summed E-state index contributed by atoms with van der Waals surface area (Å²) >= 11 is 0. The summed E-state index contributed by atoms with van der Waals surface area (Å²) in [6, 6.07) is 57.1. The first-order chi connectivity index (χ1) is 23.2. The van der Waals surface area contributed by atoms with Crippen molar-refractivity contribution in [3.8, 4) is 0 Å². The van der Waals surface area contributed by atoms with E-state index in [0.717, 1.165) is 23.5 Å². The summed E-state index contributed by atoms with van der Waals surface area (Å²) in [4.78, 5) is 2.34. The maximum absolute atomic E-state index is 2.49. The summed E-state index contributed by atoms with van der Waals surface area (Å²) in [5.41, 5.74) is 10.0. The van der Waals surface area contributed by atoms with Crippen LogP contribution in [0.5, 0.6) is 0 Å². The topological polar surface area (TPSA) is 8.17 Å². The number of aromatic nitrogens is 1. The van der Waals surface area contributed by atoms with Crippen LogP contribution in [0.2, 0.25) is 0 Å². The Hall–Kier alpha value is -5.86. The molecule has 0 spiro atoms. The van der Waals surface area contributed by atoms with E-state index in [-0.39, 0.29) is 0 Å². The number of anilines is 3. The maximum atomic E-state index is 2.49. The van der Waals surface area contributed by atoms with E-state index in [9.17, 15) is 0 Å². The highest BCUT2D eigenvalue weighted by Gasteiger charge is 2.24. The van der Waals surface area contributed by atoms with E-state index in [1.807, 2.05) is 0 Å². The Morgan fingerprint density at radius 2 is 1.04 bits per heavy atom. The zero-order chi connectivity index (χ0) is 31.3. The van der Waals surface area contributed by atoms with Crippen LogP contribution in [0.3, 0.4) is 0 Å². The van der Waals surface area contributed by atoms with Crippen molar-refractivity contribution < 1.29 is 0 Å². The molecule has 1 aliphatic rings. The third kappa shape index (κ3) is 4.56. The SMILES string of the molecule is CC1CC(n2c3ccccc3c3cc(N(c4ccccc4)c4ccccc4)ccc32)=CC=C1c1c2ccccc2cc2ccccc12. The third-order valence-electron chi connectivity index (χ3n) is 9.79. The standard InChI is InChI=1S/C45H34N2/c1-31-28-36(24-26-38(31)45-39-20-10-8-14-32(39)29-33-15-9-11-21-40(33)45)47-43-23-13-12-22-41(43)42-30-37(25-27-44(42)47)46(34-16-4-2-5-17-34)35-18-6-3-7-19-35/h2-27,29-31H,28H2,1H3. The normalized spacial score (nSPS) is 14.9. The molecule has 0 N–H and O–H groups in total. The van der Waals surface area contributed by atoms with Gasteiger partial charge in [0.15, 0.2) is 0 Å². The predicted octanol–water partition coefficient (Wildman–Crippen LogP) is 12.5. The fraction of sp³-hybridized carbons (Fsp3) is 0.0667. The van der Waals surface area contributed by atoms with E-state index in [1.54, 1.807) is 0 Å². The Balaban J connectivity index is 1.22. The highest BCUT2D eigenvalue weighted by Crippen LogP contribution is 2.44. The first kappa shape index (κ1) is 27.5. The van der Waals surface area contributed by atoms with Gasteiger partial charge in [0.2, 0.25) is 0 Å². The molecule has 1 aliphatic carbocycles. The van der Waals surface area contributed by atoms with E-state index >= 15 is 0 Å². The minimum atomic E-state index is 0.353. The molecule has 1 unspecified atom stereocenters. The van der Waals surface area contributed by atoms with E-state index in [4.69, 9.17) is 0 Å². The molecule has 0 radical (unpaired) electrons. The van der Waals surface area contributed by atoms with E-state index in [1.165, 1.54) is 60.2 Å². The number of benzene rings is 7. The minimum Gasteiger partial charge on any atom is -0.313 e. The van der Waals surface area contributed by atoms with Crippen LogP contribution in [-0.2, 0) is 0 Å². The van der Waals surface area contributed by atoms with Crippen molar-refractivity contribution in [1.82, 2.24) is 4.57 Å². The lowest BCUT2D eigenvalue weighted by molar-refractivity contribution is 0.752. The molecule has 2 nitrogen and oxygen atoms in total. The predicted molar refractivity (Wildman–Crippen MR) is 202 cm³/mol. The van der Waals surface area contributed by atoms with Gasteiger partial charge in [-0.3, -0.25) is 0 Å². The molecule has 0 saturated carbocycles. The molecule has 0 fully saturated rings. The molecule has 9 rings (SSSR count). The fourth-order valence-corrected chi connectivity index (χ4v) is 7.67. The maximum Gasteiger partial charge on any atom is 0.0539 e. The molecular formula is C45H34N2. The van der Waals surface area contributed by atoms with Gasteiger partial charge in [-0.15, -0.1) is 0 Å². The summed E-state index contributed by atoms with van der Waals surface area (Å²) in [5, 5.41) is 7.77. The number of hydrogen-bond donors (Lipinski definition) is 0. The number of para-hydroxylation sites is 3. The van der Waals surface area contributed by atoms with Gasteiger partial charge in [-0.2, -0.15) is 0 Å². The van der Waals surface area contributed by atoms with Gasteiger partial charge in [0.25, 0.3) is 0 Å². The minimum absolute atomic E-state index is 0.353. The van der Waals surface area contributed by atoms with Gasteiger partial charge in [-0.25, -0.2) is 0 Å². The summed E-state index contributed by atoms with van der Waals surface area (Å²) in [6.45, 7) is 2.39. The smallest absolute Gasteiger partial charge is 0.0539 e. The van der Waals surface area contributed by atoms with Gasteiger partial charge in [-0.1, -0.05) is 116 Å². The average Bonchev–Trinajstić information content (AvgIpc) is 3.46. The molecule has 224 valence electrons. The zero-order valence-corrected chi connectivity index (χ0v) is 26.3. The van der Waals surface area contributed by atoms with Crippen molar-refractivity contribution in [2.45, 2.75) is 13.3 Å². The first-order valence-corrected chi connectivity index (χ1v) is 16.5. The van der Waals surface area contributed by atoms with Crippen LogP contribution in [0, 0.1) is 5.92 Å². The Morgan fingerprint density at radius 3 is 1.68 bits per heavy atom. The van der Waals surface area contributed by atoms with E-state index < -0.39 is 0 Å². The van der Waals surface area contributed by atoms with Crippen molar-refractivity contribution in [3.05, 3.63) is 175 Å². The van der Waals surface area contributed by atoms with Gasteiger partial charge in [0.1, 0.15) is 0 Å². The molecular weight excluding hydrogens is 569 g/mol. The van der Waals surface area contributed by atoms with Gasteiger partial charge in [-0.05, 0) is 106 Å². The molecule has 1 heterocycles. The van der Waals surface area contributed by atoms with Gasteiger partial charge >= 0.3 is 0 Å². The lowest BCUT2D eigenvalue weighted by Crippen LogP contribution is -2.10. The number of fused-ring (bicyclic) bond motifs is 5. The third-order valence-corrected chi connectivity index (χ3v) is 9.79. The second-order valence-corrected chi connectivity index (χ2v) is 12.6. The zero-order valence-electron chi connectivity index (χ0n) is 26.3. The van der Waals surface area contributed by atoms with Gasteiger partial charge in [0.05, 0.1) is 11.0 Å². The van der Waals surface area contributed by atoms with Crippen LogP contribution in [0.15, 0.2) is 170 Å². The highest BCUT2D eigenvalue weighted by atomic mass is 15.1. The van der Waals surface area contributed by atoms with Crippen molar-refractivity contribution in [2.75, 3.05) is 4.90 Å². The van der Waals surface area contributed by atoms with Gasteiger partial charge in [0, 0.05) is 33.5 Å². The molecule has 0 amide bonds. The Labute approximate surface area is 275 Å². The molecule has 0 aliphatic heterocycles. The average molecular weight is 603 g/mol. The molecule has 2 heteroatoms. The molecule has 0 saturated heterocycles. The van der Waals surface area contributed by atoms with Crippen LogP contribution >= 0.6 is 0 Å². The largest absolute Gasteiger partial charge is 0.313 e. The van der Waals surface area contributed by atoms with Crippen LogP contribution in [0.25, 0.3) is 54.6 Å². The monoisotopic (exact) mass is 602 g/mol. The lowest BCUT2D eigenvalue weighted by Gasteiger charge is -2.26. The van der Waals surface area contributed by atoms with Crippen LogP contribution in [-0.4, -0.2) is 4.57 Å². The van der Waals surface area contributed by atoms with Crippen LogP contribution in [0.1, 0.15) is 18.9 Å². The van der Waals surface area contributed by atoms with Crippen molar-refractivity contribution >= 4 is 71.7 Å². The first-order valence-electron chi connectivity index (χ1n) is 16.5. The van der Waals surface area contributed by atoms with Crippen molar-refractivity contribution in [3.63, 3.8) is 0 Å². The van der Waals surface area contributed by atoms with Crippen molar-refractivity contribution in [1.29, 1.82) is 0 Å². The number of nitrogens with zero attached hydrogens (tertiary/aromatic N) is 2. The van der Waals surface area contributed by atoms with Crippen LogP contribution < -0.4 is 4.90 Å². The number of rotatable bonds is 5. The van der Waals surface area contributed by atoms with Crippen molar-refractivity contribution in [2.24, 2.45) is 5.92 Å². The van der Waals surface area contributed by atoms with E-state index in [2.05, 4.69) is 186 Å². The second-order valence-electron chi connectivity index (χ2n) is 12.6. The molecule has 8 aromatic rings. The second kappa shape index (κ2) is 11.2. The fourth-order valence-electron chi connectivity index (χ4n) is 7.67. The highest BCUT2D eigenvalue weighted by molar-refractivity contribution is 6.12.